The van der Waals surface area contributed by atoms with Crippen LogP contribution in [-0.4, -0.2) is 80.0 Å². The Kier molecular flexibility index (Phi) is 12.0. The molecule has 0 amide bonds. The number of hydrogen-bond donors (Lipinski definition) is 0. The van der Waals surface area contributed by atoms with E-state index in [1.165, 1.54) is 44.9 Å². The van der Waals surface area contributed by atoms with Gasteiger partial charge in [0.25, 0.3) is 0 Å². The largest absolute Gasteiger partial charge is 2.00 e. The van der Waals surface area contributed by atoms with Crippen molar-refractivity contribution in [1.29, 1.82) is 0 Å². The van der Waals surface area contributed by atoms with Gasteiger partial charge >= 0.3 is 24.6 Å². The van der Waals surface area contributed by atoms with Crippen molar-refractivity contribution in [3.05, 3.63) is 13.8 Å². The first kappa shape index (κ1) is 26.4. The Bertz CT molecular complexity index is 417. The van der Waals surface area contributed by atoms with Gasteiger partial charge in [-0.2, -0.15) is 9.34 Å². The first-order chi connectivity index (χ1) is 12.1. The maximum absolute atomic E-state index is 7.49. The standard InChI is InChI=1S/C18H33BBrN2O2P.CH3.Fe/c1-23-13-16-7-4-10-21(16)25(19,18-9-3-6-15(20)12-18)22-11-5-8-17(22)14-24-2;;/h12,15-18H,3-11,13-14H2,1-2H3;1H3;/q;-1;+2/t15-,16+,17+,18?;;/m0../s1. The van der Waals surface area contributed by atoms with Crippen molar-refractivity contribution in [2.75, 3.05) is 40.5 Å². The van der Waals surface area contributed by atoms with Crippen LogP contribution in [0, 0.1) is 13.8 Å². The summed E-state index contributed by atoms with van der Waals surface area (Å²) < 4.78 is 16.5. The van der Waals surface area contributed by atoms with Crippen LogP contribution < -0.4 is 0 Å². The molecule has 0 aromatic heterocycles. The van der Waals surface area contributed by atoms with Gasteiger partial charge in [0.05, 0.1) is 32.7 Å². The first-order valence-electron chi connectivity index (χ1n) is 9.79. The Labute approximate surface area is 188 Å². The average molecular weight is 502 g/mol. The van der Waals surface area contributed by atoms with E-state index in [0.29, 0.717) is 22.6 Å². The molecule has 4 atom stereocenters. The van der Waals surface area contributed by atoms with Gasteiger partial charge in [-0.25, -0.2) is 0 Å². The SMILES string of the molecule is [B][P+](C1[CH-][C@@H](Br)CCC1)(N1CCC[C@@H]1COC)N1CCC[C@@H]1COC.[CH3-].[Fe+2]. The molecule has 0 N–H and O–H groups in total. The van der Waals surface area contributed by atoms with E-state index in [9.17, 15) is 0 Å². The van der Waals surface area contributed by atoms with Crippen molar-refractivity contribution in [2.24, 2.45) is 0 Å². The Morgan fingerprint density at radius 1 is 0.963 bits per heavy atom. The average Bonchev–Trinajstić information content (AvgIpc) is 3.25. The number of hydrogen-bond acceptors (Lipinski definition) is 4. The molecule has 0 aromatic rings. The van der Waals surface area contributed by atoms with Crippen LogP contribution in [0.2, 0.25) is 0 Å². The zero-order valence-corrected chi connectivity index (χ0v) is 20.7. The molecule has 156 valence electrons. The second kappa shape index (κ2) is 12.3. The van der Waals surface area contributed by atoms with E-state index >= 15 is 0 Å². The van der Waals surface area contributed by atoms with Crippen molar-refractivity contribution >= 4 is 30.9 Å². The topological polar surface area (TPSA) is 24.9 Å². The molecule has 2 aliphatic heterocycles. The number of alkyl halides is 1. The maximum Gasteiger partial charge on any atom is 2.00 e. The van der Waals surface area contributed by atoms with E-state index in [-0.39, 0.29) is 24.5 Å². The van der Waals surface area contributed by atoms with Crippen LogP contribution in [0.3, 0.4) is 0 Å². The van der Waals surface area contributed by atoms with E-state index in [0.717, 1.165) is 26.3 Å². The summed E-state index contributed by atoms with van der Waals surface area (Å²) in [5.41, 5.74) is 0.487. The predicted molar refractivity (Wildman–Crippen MR) is 117 cm³/mol. The maximum atomic E-state index is 7.49. The van der Waals surface area contributed by atoms with Crippen LogP contribution in [0.5, 0.6) is 0 Å². The number of halogens is 1. The summed E-state index contributed by atoms with van der Waals surface area (Å²) in [6.07, 6.45) is 11.1. The summed E-state index contributed by atoms with van der Waals surface area (Å²) in [6, 6.07) is 0.937. The van der Waals surface area contributed by atoms with Crippen LogP contribution in [-0.2, 0) is 26.5 Å². The monoisotopic (exact) mass is 501 g/mol. The second-order valence-corrected chi connectivity index (χ2v) is 12.0. The molecule has 0 spiro atoms. The number of rotatable bonds is 7. The van der Waals surface area contributed by atoms with Gasteiger partial charge in [-0.1, -0.05) is 12.8 Å². The normalized spacial score (nSPS) is 32.9. The predicted octanol–water partition coefficient (Wildman–Crippen LogP) is 4.11. The molecule has 1 unspecified atom stereocenters. The molecular formula is C19H36BBrFeN2O2P+. The summed E-state index contributed by atoms with van der Waals surface area (Å²) >= 11 is 3.85. The Hall–Kier alpha value is 1.33. The summed E-state index contributed by atoms with van der Waals surface area (Å²) in [5.74, 6) is 0. The minimum absolute atomic E-state index is 0. The van der Waals surface area contributed by atoms with Gasteiger partial charge in [-0.05, 0) is 37.8 Å². The fraction of sp³-hybridized carbons (Fsp3) is 0.895. The number of methoxy groups -OCH3 is 2. The number of ether oxygens (including phenoxy) is 2. The molecule has 0 bridgehead atoms. The minimum atomic E-state index is -1.93. The zero-order valence-electron chi connectivity index (χ0n) is 17.1. The van der Waals surface area contributed by atoms with E-state index in [2.05, 4.69) is 31.7 Å². The van der Waals surface area contributed by atoms with Gasteiger partial charge in [0.2, 0.25) is 0 Å². The third kappa shape index (κ3) is 5.73. The molecule has 1 saturated carbocycles. The quantitative estimate of drug-likeness (QED) is 0.227. The van der Waals surface area contributed by atoms with E-state index in [4.69, 9.17) is 17.0 Å². The first-order valence-corrected chi connectivity index (χ1v) is 12.5. The summed E-state index contributed by atoms with van der Waals surface area (Å²) in [4.78, 5) is 0.501. The number of nitrogens with zero attached hydrogens (tertiary/aromatic N) is 2. The van der Waals surface area contributed by atoms with Crippen LogP contribution in [0.4, 0.5) is 0 Å². The summed E-state index contributed by atoms with van der Waals surface area (Å²) in [6.45, 7) is 3.83. The van der Waals surface area contributed by atoms with Gasteiger partial charge in [-0.15, -0.1) is 20.8 Å². The third-order valence-electron chi connectivity index (χ3n) is 6.13. The molecule has 2 saturated heterocycles. The summed E-state index contributed by atoms with van der Waals surface area (Å²) in [7, 11) is 9.19. The van der Waals surface area contributed by atoms with Gasteiger partial charge < -0.3 is 16.9 Å². The van der Waals surface area contributed by atoms with Crippen molar-refractivity contribution in [1.82, 2.24) is 9.34 Å². The van der Waals surface area contributed by atoms with Crippen LogP contribution in [0.15, 0.2) is 0 Å². The minimum Gasteiger partial charge on any atom is -0.383 e. The molecule has 0 aromatic carbocycles. The molecule has 2 radical (unpaired) electrons. The van der Waals surface area contributed by atoms with Gasteiger partial charge in [0.15, 0.2) is 0 Å². The molecule has 4 nitrogen and oxygen atoms in total. The molecule has 3 fully saturated rings. The molecule has 1 aliphatic carbocycles. The molecule has 3 rings (SSSR count). The fourth-order valence-corrected chi connectivity index (χ4v) is 10.4. The molecule has 27 heavy (non-hydrogen) atoms. The van der Waals surface area contributed by atoms with E-state index in [1.54, 1.807) is 0 Å². The molecule has 2 heterocycles. The smallest absolute Gasteiger partial charge is 0.383 e. The van der Waals surface area contributed by atoms with Crippen molar-refractivity contribution < 1.29 is 26.5 Å². The molecule has 8 heteroatoms. The Balaban J connectivity index is 0.00000182. The summed E-state index contributed by atoms with van der Waals surface area (Å²) in [5, 5.41) is 0. The zero-order chi connectivity index (χ0) is 17.9. The van der Waals surface area contributed by atoms with Gasteiger partial charge in [-0.3, -0.25) is 6.42 Å². The van der Waals surface area contributed by atoms with Crippen molar-refractivity contribution in [3.63, 3.8) is 0 Å². The van der Waals surface area contributed by atoms with Crippen molar-refractivity contribution in [3.8, 4) is 0 Å². The fourth-order valence-electron chi connectivity index (χ4n) is 5.01. The Morgan fingerprint density at radius 3 is 1.93 bits per heavy atom. The van der Waals surface area contributed by atoms with Crippen LogP contribution >= 0.6 is 23.4 Å². The second-order valence-electron chi connectivity index (χ2n) is 7.74. The van der Waals surface area contributed by atoms with Crippen LogP contribution in [0.1, 0.15) is 44.9 Å². The van der Waals surface area contributed by atoms with Gasteiger partial charge in [0.1, 0.15) is 0 Å². The molecular weight excluding hydrogens is 466 g/mol. The van der Waals surface area contributed by atoms with Crippen molar-refractivity contribution in [2.45, 2.75) is 67.5 Å². The van der Waals surface area contributed by atoms with Gasteiger partial charge in [0, 0.05) is 27.3 Å². The third-order valence-corrected chi connectivity index (χ3v) is 11.0. The van der Waals surface area contributed by atoms with E-state index < -0.39 is 7.44 Å². The van der Waals surface area contributed by atoms with E-state index in [1.807, 2.05) is 14.2 Å². The van der Waals surface area contributed by atoms with Crippen LogP contribution in [0.25, 0.3) is 0 Å². The Morgan fingerprint density at radius 2 is 1.48 bits per heavy atom. The molecule has 3 aliphatic rings.